The van der Waals surface area contributed by atoms with E-state index < -0.39 is 0 Å². The third-order valence-corrected chi connectivity index (χ3v) is 2.89. The van der Waals surface area contributed by atoms with Gasteiger partial charge < -0.3 is 5.32 Å². The molecule has 0 radical (unpaired) electrons. The quantitative estimate of drug-likeness (QED) is 0.759. The van der Waals surface area contributed by atoms with Crippen LogP contribution in [0.5, 0.6) is 0 Å². The van der Waals surface area contributed by atoms with Gasteiger partial charge in [-0.05, 0) is 32.7 Å². The Balaban J connectivity index is 2.11. The number of nitrogens with zero attached hydrogens (tertiary/aromatic N) is 1. The lowest BCUT2D eigenvalue weighted by Gasteiger charge is -2.11. The summed E-state index contributed by atoms with van der Waals surface area (Å²) in [5, 5.41) is 3.48. The zero-order chi connectivity index (χ0) is 9.52. The molecule has 0 aromatic carbocycles. The van der Waals surface area contributed by atoms with Crippen molar-refractivity contribution in [2.75, 3.05) is 6.54 Å². The largest absolute Gasteiger partial charge is 0.314 e. The highest BCUT2D eigenvalue weighted by atomic mass is 32.1. The molecule has 1 unspecified atom stereocenters. The number of aryl methyl sites for hydroxylation is 1. The van der Waals surface area contributed by atoms with E-state index >= 15 is 0 Å². The van der Waals surface area contributed by atoms with Gasteiger partial charge in [0.2, 0.25) is 0 Å². The van der Waals surface area contributed by atoms with Gasteiger partial charge in [0.05, 0.1) is 5.51 Å². The van der Waals surface area contributed by atoms with Gasteiger partial charge in [0, 0.05) is 17.1 Å². The van der Waals surface area contributed by atoms with Gasteiger partial charge in [-0.15, -0.1) is 11.3 Å². The van der Waals surface area contributed by atoms with Gasteiger partial charge in [-0.1, -0.05) is 6.92 Å². The van der Waals surface area contributed by atoms with Crippen LogP contribution in [0.25, 0.3) is 0 Å². The van der Waals surface area contributed by atoms with Crippen LogP contribution < -0.4 is 5.32 Å². The molecule has 1 aromatic rings. The standard InChI is InChI=1S/C10H18N2S/c1-3-6-12-9(2)4-5-10-7-11-8-13-10/h7-9,12H,3-6H2,1-2H3. The van der Waals surface area contributed by atoms with Crippen molar-refractivity contribution >= 4 is 11.3 Å². The van der Waals surface area contributed by atoms with Gasteiger partial charge in [0.25, 0.3) is 0 Å². The first-order valence-electron chi connectivity index (χ1n) is 4.93. The van der Waals surface area contributed by atoms with Crippen LogP contribution >= 0.6 is 11.3 Å². The molecule has 0 aliphatic heterocycles. The monoisotopic (exact) mass is 198 g/mol. The molecule has 0 bridgehead atoms. The number of rotatable bonds is 6. The summed E-state index contributed by atoms with van der Waals surface area (Å²) in [6.07, 6.45) is 5.55. The molecule has 0 saturated heterocycles. The zero-order valence-corrected chi connectivity index (χ0v) is 9.23. The summed E-state index contributed by atoms with van der Waals surface area (Å²) in [5.74, 6) is 0. The number of thiazole rings is 1. The lowest BCUT2D eigenvalue weighted by Crippen LogP contribution is -2.26. The molecule has 1 heterocycles. The molecule has 1 N–H and O–H groups in total. The molecular weight excluding hydrogens is 180 g/mol. The summed E-state index contributed by atoms with van der Waals surface area (Å²) in [5.41, 5.74) is 1.90. The van der Waals surface area contributed by atoms with Crippen molar-refractivity contribution in [2.24, 2.45) is 0 Å². The van der Waals surface area contributed by atoms with Crippen molar-refractivity contribution in [3.05, 3.63) is 16.6 Å². The molecule has 3 heteroatoms. The maximum atomic E-state index is 4.06. The molecule has 0 fully saturated rings. The first kappa shape index (κ1) is 10.7. The van der Waals surface area contributed by atoms with E-state index in [1.54, 1.807) is 11.3 Å². The SMILES string of the molecule is CCCNC(C)CCc1cncs1. The topological polar surface area (TPSA) is 24.9 Å². The molecule has 1 rings (SSSR count). The van der Waals surface area contributed by atoms with E-state index in [9.17, 15) is 0 Å². The van der Waals surface area contributed by atoms with Gasteiger partial charge in [-0.3, -0.25) is 4.98 Å². The van der Waals surface area contributed by atoms with Crippen LogP contribution in [0.2, 0.25) is 0 Å². The Kier molecular flexibility index (Phi) is 5.01. The van der Waals surface area contributed by atoms with Crippen molar-refractivity contribution in [2.45, 2.75) is 39.2 Å². The minimum Gasteiger partial charge on any atom is -0.314 e. The average Bonchev–Trinajstić information content (AvgIpc) is 2.64. The molecule has 13 heavy (non-hydrogen) atoms. The molecule has 0 amide bonds. The van der Waals surface area contributed by atoms with Crippen LogP contribution in [0.1, 0.15) is 31.6 Å². The van der Waals surface area contributed by atoms with E-state index in [0.29, 0.717) is 6.04 Å². The lowest BCUT2D eigenvalue weighted by molar-refractivity contribution is 0.515. The summed E-state index contributed by atoms with van der Waals surface area (Å²) in [6, 6.07) is 0.627. The Bertz CT molecular complexity index is 209. The summed E-state index contributed by atoms with van der Waals surface area (Å²) >= 11 is 1.75. The fourth-order valence-corrected chi connectivity index (χ4v) is 1.83. The van der Waals surface area contributed by atoms with Crippen molar-refractivity contribution in [1.82, 2.24) is 10.3 Å². The number of nitrogens with one attached hydrogen (secondary N) is 1. The van der Waals surface area contributed by atoms with Crippen LogP contribution in [-0.4, -0.2) is 17.6 Å². The molecule has 0 saturated carbocycles. The van der Waals surface area contributed by atoms with Crippen LogP contribution in [-0.2, 0) is 6.42 Å². The third kappa shape index (κ3) is 4.39. The average molecular weight is 198 g/mol. The van der Waals surface area contributed by atoms with Crippen LogP contribution in [0.4, 0.5) is 0 Å². The van der Waals surface area contributed by atoms with Crippen LogP contribution in [0.15, 0.2) is 11.7 Å². The Morgan fingerprint density at radius 1 is 1.62 bits per heavy atom. The molecular formula is C10H18N2S. The van der Waals surface area contributed by atoms with Crippen molar-refractivity contribution < 1.29 is 0 Å². The van der Waals surface area contributed by atoms with E-state index in [-0.39, 0.29) is 0 Å². The Morgan fingerprint density at radius 2 is 2.46 bits per heavy atom. The lowest BCUT2D eigenvalue weighted by atomic mass is 10.1. The molecule has 0 aliphatic rings. The number of hydrogen-bond donors (Lipinski definition) is 1. The second kappa shape index (κ2) is 6.11. The van der Waals surface area contributed by atoms with E-state index in [0.717, 1.165) is 13.0 Å². The fraction of sp³-hybridized carbons (Fsp3) is 0.700. The first-order valence-corrected chi connectivity index (χ1v) is 5.81. The summed E-state index contributed by atoms with van der Waals surface area (Å²) < 4.78 is 0. The molecule has 1 atom stereocenters. The minimum absolute atomic E-state index is 0.627. The Hall–Kier alpha value is -0.410. The van der Waals surface area contributed by atoms with Crippen molar-refractivity contribution in [1.29, 1.82) is 0 Å². The highest BCUT2D eigenvalue weighted by Gasteiger charge is 2.01. The van der Waals surface area contributed by atoms with Gasteiger partial charge in [-0.25, -0.2) is 0 Å². The predicted molar refractivity (Wildman–Crippen MR) is 58.2 cm³/mol. The fourth-order valence-electron chi connectivity index (χ4n) is 1.22. The van der Waals surface area contributed by atoms with E-state index in [2.05, 4.69) is 24.1 Å². The summed E-state index contributed by atoms with van der Waals surface area (Å²) in [7, 11) is 0. The van der Waals surface area contributed by atoms with Crippen LogP contribution in [0, 0.1) is 0 Å². The van der Waals surface area contributed by atoms with Gasteiger partial charge in [0.1, 0.15) is 0 Å². The van der Waals surface area contributed by atoms with Gasteiger partial charge in [-0.2, -0.15) is 0 Å². The Morgan fingerprint density at radius 3 is 3.08 bits per heavy atom. The predicted octanol–water partition coefficient (Wildman–Crippen LogP) is 2.46. The van der Waals surface area contributed by atoms with E-state index in [4.69, 9.17) is 0 Å². The van der Waals surface area contributed by atoms with E-state index in [1.165, 1.54) is 17.7 Å². The first-order chi connectivity index (χ1) is 6.33. The summed E-state index contributed by atoms with van der Waals surface area (Å²) in [4.78, 5) is 5.45. The maximum Gasteiger partial charge on any atom is 0.0794 e. The maximum absolute atomic E-state index is 4.06. The van der Waals surface area contributed by atoms with E-state index in [1.807, 2.05) is 11.7 Å². The third-order valence-electron chi connectivity index (χ3n) is 2.05. The normalized spacial score (nSPS) is 13.1. The second-order valence-electron chi connectivity index (χ2n) is 3.36. The summed E-state index contributed by atoms with van der Waals surface area (Å²) in [6.45, 7) is 5.57. The Labute approximate surface area is 84.4 Å². The second-order valence-corrected chi connectivity index (χ2v) is 4.33. The molecule has 1 aromatic heterocycles. The molecule has 2 nitrogen and oxygen atoms in total. The number of aromatic nitrogens is 1. The molecule has 74 valence electrons. The number of hydrogen-bond acceptors (Lipinski definition) is 3. The highest BCUT2D eigenvalue weighted by molar-refractivity contribution is 7.09. The highest BCUT2D eigenvalue weighted by Crippen LogP contribution is 2.09. The minimum atomic E-state index is 0.627. The molecule has 0 aliphatic carbocycles. The zero-order valence-electron chi connectivity index (χ0n) is 8.42. The smallest absolute Gasteiger partial charge is 0.0794 e. The van der Waals surface area contributed by atoms with Gasteiger partial charge in [0.15, 0.2) is 0 Å². The van der Waals surface area contributed by atoms with Gasteiger partial charge >= 0.3 is 0 Å². The van der Waals surface area contributed by atoms with Crippen molar-refractivity contribution in [3.8, 4) is 0 Å². The van der Waals surface area contributed by atoms with Crippen molar-refractivity contribution in [3.63, 3.8) is 0 Å². The molecule has 0 spiro atoms. The van der Waals surface area contributed by atoms with Crippen LogP contribution in [0.3, 0.4) is 0 Å².